The number of rotatable bonds is 10. The first kappa shape index (κ1) is 51.9. The number of carbonyl (C=O) groups is 5. The molecule has 1 amide bonds. The topological polar surface area (TPSA) is 184 Å². The number of nitrogens with zero attached hydrogens (tertiary/aromatic N) is 1. The van der Waals surface area contributed by atoms with E-state index in [1.165, 1.54) is 26.2 Å². The van der Waals surface area contributed by atoms with Crippen LogP contribution in [0.2, 0.25) is 0 Å². The lowest BCUT2D eigenvalue weighted by Crippen LogP contribution is -2.64. The number of hydrogen-bond donors (Lipinski definition) is 2. The highest BCUT2D eigenvalue weighted by Crippen LogP contribution is 2.39. The Kier molecular flexibility index (Phi) is 19.3. The average molecular weight is 908 g/mol. The van der Waals surface area contributed by atoms with Crippen molar-refractivity contribution in [3.63, 3.8) is 0 Å². The van der Waals surface area contributed by atoms with Crippen LogP contribution in [0.5, 0.6) is 5.75 Å². The molecule has 0 aromatic heterocycles. The Balaban J connectivity index is 1.52. The molecule has 1 aromatic rings. The summed E-state index contributed by atoms with van der Waals surface area (Å²) in [5, 5.41) is 24.1. The third kappa shape index (κ3) is 13.3. The number of methoxy groups -OCH3 is 3. The predicted molar refractivity (Wildman–Crippen MR) is 242 cm³/mol. The number of allylic oxidation sites excluding steroid dienone is 4. The van der Waals surface area contributed by atoms with E-state index in [9.17, 15) is 34.2 Å². The zero-order valence-corrected chi connectivity index (χ0v) is 39.6. The summed E-state index contributed by atoms with van der Waals surface area (Å²) in [6, 6.07) is 8.25. The van der Waals surface area contributed by atoms with Crippen LogP contribution in [0.1, 0.15) is 105 Å². The maximum atomic E-state index is 14.5. The van der Waals surface area contributed by atoms with E-state index in [1.54, 1.807) is 20.8 Å². The Morgan fingerprint density at radius 1 is 0.892 bits per heavy atom. The first-order valence-corrected chi connectivity index (χ1v) is 23.5. The summed E-state index contributed by atoms with van der Waals surface area (Å²) >= 11 is 0. The molecule has 14 heteroatoms. The molecular weight excluding hydrogens is 835 g/mol. The highest BCUT2D eigenvalue weighted by molar-refractivity contribution is 6.39. The fourth-order valence-corrected chi connectivity index (χ4v) is 10.1. The van der Waals surface area contributed by atoms with Crippen LogP contribution in [0, 0.1) is 29.6 Å². The molecule has 2 saturated heterocycles. The van der Waals surface area contributed by atoms with Gasteiger partial charge in [0.2, 0.25) is 5.79 Å². The van der Waals surface area contributed by atoms with Gasteiger partial charge < -0.3 is 43.5 Å². The van der Waals surface area contributed by atoms with Crippen LogP contribution < -0.4 is 4.74 Å². The van der Waals surface area contributed by atoms with E-state index in [1.807, 2.05) is 68.5 Å². The number of cyclic esters (lactones) is 1. The summed E-state index contributed by atoms with van der Waals surface area (Å²) in [5.74, 6) is -7.36. The molecule has 14 nitrogen and oxygen atoms in total. The molecule has 0 unspecified atom stereocenters. The number of hydrogen-bond acceptors (Lipinski definition) is 13. The smallest absolute Gasteiger partial charge is 0.329 e. The summed E-state index contributed by atoms with van der Waals surface area (Å²) in [7, 11) is 4.55. The number of benzene rings is 1. The number of amides is 1. The fraction of sp³-hybridized carbons (Fsp3) is 0.667. The van der Waals surface area contributed by atoms with Crippen molar-refractivity contribution in [2.24, 2.45) is 29.6 Å². The number of ketones is 3. The van der Waals surface area contributed by atoms with Crippen LogP contribution in [0.3, 0.4) is 0 Å². The van der Waals surface area contributed by atoms with Gasteiger partial charge in [0.25, 0.3) is 11.7 Å². The van der Waals surface area contributed by atoms with Gasteiger partial charge in [-0.1, -0.05) is 68.8 Å². The summed E-state index contributed by atoms with van der Waals surface area (Å²) < 4.78 is 35.7. The highest BCUT2D eigenvalue weighted by atomic mass is 16.7. The largest absolute Gasteiger partial charge is 0.490 e. The van der Waals surface area contributed by atoms with Crippen molar-refractivity contribution < 1.29 is 62.6 Å². The summed E-state index contributed by atoms with van der Waals surface area (Å²) in [5.41, 5.74) is 1.55. The van der Waals surface area contributed by atoms with Gasteiger partial charge in [0, 0.05) is 58.5 Å². The van der Waals surface area contributed by atoms with Crippen LogP contribution in [0.25, 0.3) is 0 Å². The minimum absolute atomic E-state index is 0.0235. The number of fused-ring (bicyclic) bond motifs is 3. The number of aliphatic hydroxyl groups is 2. The van der Waals surface area contributed by atoms with E-state index in [-0.39, 0.29) is 49.2 Å². The number of ether oxygens (including phenoxy) is 6. The van der Waals surface area contributed by atoms with Gasteiger partial charge in [-0.25, -0.2) is 4.79 Å². The normalized spacial score (nSPS) is 36.3. The molecule has 0 spiro atoms. The Morgan fingerprint density at radius 2 is 1.60 bits per heavy atom. The second-order valence-electron chi connectivity index (χ2n) is 18.9. The molecule has 1 aromatic carbocycles. The lowest BCUT2D eigenvalue weighted by molar-refractivity contribution is -0.302. The van der Waals surface area contributed by atoms with Crippen molar-refractivity contribution in [1.82, 2.24) is 4.90 Å². The molecule has 0 radical (unpaired) electrons. The highest BCUT2D eigenvalue weighted by Gasteiger charge is 2.56. The number of piperidine rings is 1. The molecule has 360 valence electrons. The number of para-hydroxylation sites is 1. The van der Waals surface area contributed by atoms with Gasteiger partial charge in [0.1, 0.15) is 42.5 Å². The molecule has 65 heavy (non-hydrogen) atoms. The third-order valence-electron chi connectivity index (χ3n) is 13.9. The molecule has 1 aliphatic carbocycles. The Bertz CT molecular complexity index is 1880. The molecule has 5 rings (SSSR count). The number of aliphatic hydroxyl groups excluding tert-OH is 1. The van der Waals surface area contributed by atoms with Gasteiger partial charge >= 0.3 is 5.97 Å². The van der Waals surface area contributed by atoms with Crippen molar-refractivity contribution in [2.75, 3.05) is 34.5 Å². The minimum atomic E-state index is -2.54. The summed E-state index contributed by atoms with van der Waals surface area (Å²) in [4.78, 5) is 71.2. The van der Waals surface area contributed by atoms with Crippen LogP contribution in [0.4, 0.5) is 0 Å². The van der Waals surface area contributed by atoms with Crippen LogP contribution >= 0.6 is 0 Å². The zero-order valence-electron chi connectivity index (χ0n) is 39.6. The molecule has 13 atom stereocenters. The lowest BCUT2D eigenvalue weighted by Gasteiger charge is -2.47. The molecule has 3 aliphatic heterocycles. The molecule has 3 fully saturated rings. The van der Waals surface area contributed by atoms with Gasteiger partial charge in [0.15, 0.2) is 5.78 Å². The summed E-state index contributed by atoms with van der Waals surface area (Å²) in [6.07, 6.45) is 6.59. The molecule has 1 saturated carbocycles. The van der Waals surface area contributed by atoms with Crippen molar-refractivity contribution in [1.29, 1.82) is 0 Å². The predicted octanol–water partition coefficient (Wildman–Crippen LogP) is 6.30. The van der Waals surface area contributed by atoms with Crippen LogP contribution in [-0.4, -0.2) is 127 Å². The van der Waals surface area contributed by atoms with Gasteiger partial charge in [-0.05, 0) is 101 Å². The van der Waals surface area contributed by atoms with Gasteiger partial charge in [-0.15, -0.1) is 0 Å². The maximum absolute atomic E-state index is 14.5. The van der Waals surface area contributed by atoms with Crippen LogP contribution in [0.15, 0.2) is 65.8 Å². The fourth-order valence-electron chi connectivity index (χ4n) is 10.1. The lowest BCUT2D eigenvalue weighted by atomic mass is 9.82. The van der Waals surface area contributed by atoms with Gasteiger partial charge in [-0.2, -0.15) is 0 Å². The Hall–Kier alpha value is -4.05. The van der Waals surface area contributed by atoms with Crippen molar-refractivity contribution in [3.05, 3.63) is 65.8 Å². The maximum Gasteiger partial charge on any atom is 0.329 e. The Morgan fingerprint density at radius 3 is 2.29 bits per heavy atom. The standard InChI is InChI=1S/C51H73NO13/c1-31-24-32(2)26-44(61-7)47-45(62-8)28-34(4)51(59,65-47)48(56)49(57)52-22-14-12-19-39(52)50(58)64-46(33(3)27-36-20-21-40(53)43(29-36)60-6)35(5)41(54)30-42(55)37(25-31)16-13-15-23-63-38-17-10-9-11-18-38/h9-11,13,15,17-18,25,27,32,34-37,39,41,43-47,54,59H,12,14,16,19-24,26,28-30H2,1-8H3/b15-13+,31-25+,33-27+/t32-,34+,35+,36-,37+,39-,41-,43+,44-,45-,46+,47+,51+/m0/s1. The van der Waals surface area contributed by atoms with Gasteiger partial charge in [0.05, 0.1) is 18.3 Å². The van der Waals surface area contributed by atoms with Gasteiger partial charge in [-0.3, -0.25) is 19.2 Å². The van der Waals surface area contributed by atoms with Crippen molar-refractivity contribution >= 4 is 29.2 Å². The monoisotopic (exact) mass is 908 g/mol. The average Bonchev–Trinajstić information content (AvgIpc) is 3.29. The second kappa shape index (κ2) is 24.1. The molecular formula is C51H73NO13. The second-order valence-corrected chi connectivity index (χ2v) is 18.9. The first-order chi connectivity index (χ1) is 31.0. The zero-order chi connectivity index (χ0) is 47.4. The van der Waals surface area contributed by atoms with E-state index < -0.39 is 83.9 Å². The van der Waals surface area contributed by atoms with Crippen molar-refractivity contribution in [2.45, 2.75) is 154 Å². The Labute approximate surface area is 385 Å². The van der Waals surface area contributed by atoms with E-state index in [2.05, 4.69) is 0 Å². The SMILES string of the molecule is CO[C@H]1C[C@@H](C)C/C(C)=C/[C@@H](C/C=C/COc2ccccc2)C(=O)C[C@H](O)[C@@H](C)[C@@H](/C(C)=C/[C@@H]2CCC(=O)[C@H](OC)C2)OC(=O)[C@@H]2CCCCN2C(=O)C(=O)[C@]2(O)O[C@H]1[C@@H](OC)C[C@H]2C. The summed E-state index contributed by atoms with van der Waals surface area (Å²) in [6.45, 7) is 9.52. The molecule has 2 bridgehead atoms. The molecule has 2 N–H and O–H groups in total. The van der Waals surface area contributed by atoms with E-state index in [0.717, 1.165) is 11.3 Å². The number of esters is 1. The van der Waals surface area contributed by atoms with Crippen LogP contribution in [-0.2, 0) is 47.7 Å². The number of carbonyl (C=O) groups excluding carboxylic acids is 5. The van der Waals surface area contributed by atoms with E-state index in [4.69, 9.17) is 28.4 Å². The van der Waals surface area contributed by atoms with Crippen molar-refractivity contribution in [3.8, 4) is 5.75 Å². The number of Topliss-reactive ketones (excluding diaryl/α,β-unsaturated/α-hetero) is 3. The first-order valence-electron chi connectivity index (χ1n) is 23.5. The molecule has 3 heterocycles. The minimum Gasteiger partial charge on any atom is -0.490 e. The van der Waals surface area contributed by atoms with E-state index >= 15 is 0 Å². The third-order valence-corrected chi connectivity index (χ3v) is 13.9. The molecule has 4 aliphatic rings. The van der Waals surface area contributed by atoms with E-state index in [0.29, 0.717) is 63.5 Å². The quantitative estimate of drug-likeness (QED) is 0.152.